The van der Waals surface area contributed by atoms with Gasteiger partial charge in [0, 0.05) is 53.3 Å². The Morgan fingerprint density at radius 1 is 1.10 bits per heavy atom. The van der Waals surface area contributed by atoms with Crippen LogP contribution in [0.25, 0.3) is 10.8 Å². The minimum atomic E-state index is 0.612. The van der Waals surface area contributed by atoms with Crippen LogP contribution < -0.4 is 15.8 Å². The van der Waals surface area contributed by atoms with Crippen LogP contribution in [0.5, 0.6) is 5.88 Å². The van der Waals surface area contributed by atoms with Crippen LogP contribution >= 0.6 is 0 Å². The molecule has 0 spiro atoms. The number of methoxy groups -OCH3 is 1. The Labute approximate surface area is 122 Å². The number of hydrogen-bond acceptors (Lipinski definition) is 5. The Morgan fingerprint density at radius 3 is 2.76 bits per heavy atom. The van der Waals surface area contributed by atoms with Gasteiger partial charge in [-0.3, -0.25) is 4.98 Å². The molecule has 0 bridgehead atoms. The molecule has 2 aromatic heterocycles. The number of aromatic nitrogens is 2. The van der Waals surface area contributed by atoms with Crippen LogP contribution in [0.1, 0.15) is 5.56 Å². The number of nitrogens with one attached hydrogen (secondary N) is 1. The number of rotatable bonds is 4. The van der Waals surface area contributed by atoms with E-state index in [0.717, 1.165) is 27.7 Å². The van der Waals surface area contributed by atoms with Gasteiger partial charge in [-0.25, -0.2) is 4.98 Å². The topological polar surface area (TPSA) is 73.1 Å². The van der Waals surface area contributed by atoms with E-state index in [2.05, 4.69) is 15.3 Å². The molecule has 5 nitrogen and oxygen atoms in total. The summed E-state index contributed by atoms with van der Waals surface area (Å²) in [5.74, 6) is 0.612. The van der Waals surface area contributed by atoms with Crippen molar-refractivity contribution in [2.24, 2.45) is 0 Å². The number of hydrogen-bond donors (Lipinski definition) is 2. The first-order chi connectivity index (χ1) is 10.3. The van der Waals surface area contributed by atoms with Crippen molar-refractivity contribution in [2.75, 3.05) is 18.2 Å². The molecule has 5 heteroatoms. The molecular formula is C16H16N4O. The first-order valence-electron chi connectivity index (χ1n) is 6.63. The lowest BCUT2D eigenvalue weighted by atomic mass is 10.1. The second-order valence-corrected chi connectivity index (χ2v) is 4.69. The number of pyridine rings is 2. The molecule has 0 unspecified atom stereocenters. The summed E-state index contributed by atoms with van der Waals surface area (Å²) in [6.07, 6.45) is 5.36. The van der Waals surface area contributed by atoms with Crippen LogP contribution in [0.15, 0.2) is 48.9 Å². The van der Waals surface area contributed by atoms with Crippen molar-refractivity contribution in [1.29, 1.82) is 0 Å². The van der Waals surface area contributed by atoms with Gasteiger partial charge in [0.1, 0.15) is 0 Å². The molecule has 0 aliphatic rings. The monoisotopic (exact) mass is 280 g/mol. The maximum atomic E-state index is 5.98. The molecule has 3 N–H and O–H groups in total. The Balaban J connectivity index is 1.83. The summed E-state index contributed by atoms with van der Waals surface area (Å²) in [5, 5.41) is 5.41. The maximum absolute atomic E-state index is 5.98. The summed E-state index contributed by atoms with van der Waals surface area (Å²) in [4.78, 5) is 8.36. The average Bonchev–Trinajstić information content (AvgIpc) is 2.55. The van der Waals surface area contributed by atoms with Crippen LogP contribution in [0.2, 0.25) is 0 Å². The van der Waals surface area contributed by atoms with Gasteiger partial charge in [-0.1, -0.05) is 6.07 Å². The van der Waals surface area contributed by atoms with Crippen LogP contribution in [-0.2, 0) is 6.54 Å². The minimum Gasteiger partial charge on any atom is -0.481 e. The third kappa shape index (κ3) is 2.72. The molecule has 0 saturated carbocycles. The molecule has 0 fully saturated rings. The Kier molecular flexibility index (Phi) is 3.55. The summed E-state index contributed by atoms with van der Waals surface area (Å²) in [5.41, 5.74) is 8.82. The minimum absolute atomic E-state index is 0.612. The van der Waals surface area contributed by atoms with E-state index in [1.807, 2.05) is 36.5 Å². The number of benzene rings is 1. The van der Waals surface area contributed by atoms with Gasteiger partial charge >= 0.3 is 0 Å². The van der Waals surface area contributed by atoms with E-state index < -0.39 is 0 Å². The van der Waals surface area contributed by atoms with Crippen LogP contribution in [0.3, 0.4) is 0 Å². The van der Waals surface area contributed by atoms with E-state index in [9.17, 15) is 0 Å². The summed E-state index contributed by atoms with van der Waals surface area (Å²) in [6.45, 7) is 0.672. The van der Waals surface area contributed by atoms with Crippen LogP contribution in [0.4, 0.5) is 11.4 Å². The molecule has 2 heterocycles. The molecule has 0 atom stereocenters. The van der Waals surface area contributed by atoms with Crippen LogP contribution in [0, 0.1) is 0 Å². The van der Waals surface area contributed by atoms with Gasteiger partial charge in [0.15, 0.2) is 0 Å². The van der Waals surface area contributed by atoms with Gasteiger partial charge in [-0.2, -0.15) is 0 Å². The fourth-order valence-corrected chi connectivity index (χ4v) is 2.20. The standard InChI is InChI=1S/C16H16N4O/c1-21-16-5-2-11(9-20-16)8-19-15-4-3-14(17)12-6-7-18-10-13(12)15/h2-7,9-10,19H,8,17H2,1H3. The first kappa shape index (κ1) is 13.2. The molecule has 0 aliphatic carbocycles. The highest BCUT2D eigenvalue weighted by Gasteiger charge is 2.04. The zero-order valence-electron chi connectivity index (χ0n) is 11.7. The Morgan fingerprint density at radius 2 is 2.00 bits per heavy atom. The Hall–Kier alpha value is -2.82. The zero-order valence-corrected chi connectivity index (χ0v) is 11.7. The van der Waals surface area contributed by atoms with Crippen molar-refractivity contribution < 1.29 is 4.74 Å². The van der Waals surface area contributed by atoms with E-state index in [0.29, 0.717) is 12.4 Å². The van der Waals surface area contributed by atoms with Crippen LogP contribution in [-0.4, -0.2) is 17.1 Å². The molecule has 0 amide bonds. The smallest absolute Gasteiger partial charge is 0.212 e. The quantitative estimate of drug-likeness (QED) is 0.719. The molecule has 21 heavy (non-hydrogen) atoms. The van der Waals surface area contributed by atoms with Gasteiger partial charge in [-0.15, -0.1) is 0 Å². The number of nitrogen functional groups attached to an aromatic ring is 1. The zero-order chi connectivity index (χ0) is 14.7. The highest BCUT2D eigenvalue weighted by Crippen LogP contribution is 2.27. The van der Waals surface area contributed by atoms with E-state index in [1.54, 1.807) is 19.5 Å². The van der Waals surface area contributed by atoms with Crippen molar-refractivity contribution >= 4 is 22.1 Å². The Bertz CT molecular complexity index is 756. The second kappa shape index (κ2) is 5.66. The molecule has 3 rings (SSSR count). The number of fused-ring (bicyclic) bond motifs is 1. The number of nitrogens with two attached hydrogens (primary N) is 1. The van der Waals surface area contributed by atoms with Crippen molar-refractivity contribution in [3.05, 3.63) is 54.5 Å². The molecule has 1 aromatic carbocycles. The fraction of sp³-hybridized carbons (Fsp3) is 0.125. The van der Waals surface area contributed by atoms with Gasteiger partial charge in [0.2, 0.25) is 5.88 Å². The number of ether oxygens (including phenoxy) is 1. The van der Waals surface area contributed by atoms with Crippen molar-refractivity contribution in [2.45, 2.75) is 6.54 Å². The molecule has 0 radical (unpaired) electrons. The third-order valence-electron chi connectivity index (χ3n) is 3.34. The highest BCUT2D eigenvalue weighted by molar-refractivity contribution is 6.00. The van der Waals surface area contributed by atoms with Gasteiger partial charge in [0.05, 0.1) is 7.11 Å². The van der Waals surface area contributed by atoms with Gasteiger partial charge in [-0.05, 0) is 23.8 Å². The predicted octanol–water partition coefficient (Wildman–Crippen LogP) is 2.83. The lowest BCUT2D eigenvalue weighted by Gasteiger charge is -2.11. The SMILES string of the molecule is COc1ccc(CNc2ccc(N)c3ccncc23)cn1. The summed E-state index contributed by atoms with van der Waals surface area (Å²) < 4.78 is 5.05. The predicted molar refractivity (Wildman–Crippen MR) is 84.3 cm³/mol. The van der Waals surface area contributed by atoms with Crippen molar-refractivity contribution in [1.82, 2.24) is 9.97 Å². The first-order valence-corrected chi connectivity index (χ1v) is 6.63. The maximum Gasteiger partial charge on any atom is 0.212 e. The third-order valence-corrected chi connectivity index (χ3v) is 3.34. The lowest BCUT2D eigenvalue weighted by Crippen LogP contribution is -2.01. The van der Waals surface area contributed by atoms with Crippen molar-refractivity contribution in [3.63, 3.8) is 0 Å². The van der Waals surface area contributed by atoms with Gasteiger partial charge < -0.3 is 15.8 Å². The van der Waals surface area contributed by atoms with Crippen molar-refractivity contribution in [3.8, 4) is 5.88 Å². The van der Waals surface area contributed by atoms with E-state index in [1.165, 1.54) is 0 Å². The highest BCUT2D eigenvalue weighted by atomic mass is 16.5. The van der Waals surface area contributed by atoms with E-state index >= 15 is 0 Å². The molecule has 0 saturated heterocycles. The summed E-state index contributed by atoms with van der Waals surface area (Å²) >= 11 is 0. The second-order valence-electron chi connectivity index (χ2n) is 4.69. The lowest BCUT2D eigenvalue weighted by molar-refractivity contribution is 0.397. The largest absolute Gasteiger partial charge is 0.481 e. The summed E-state index contributed by atoms with van der Waals surface area (Å²) in [7, 11) is 1.60. The molecular weight excluding hydrogens is 264 g/mol. The summed E-state index contributed by atoms with van der Waals surface area (Å²) in [6, 6.07) is 9.62. The number of nitrogens with zero attached hydrogens (tertiary/aromatic N) is 2. The molecule has 106 valence electrons. The fourth-order valence-electron chi connectivity index (χ4n) is 2.20. The van der Waals surface area contributed by atoms with E-state index in [4.69, 9.17) is 10.5 Å². The van der Waals surface area contributed by atoms with E-state index in [-0.39, 0.29) is 0 Å². The number of anilines is 2. The van der Waals surface area contributed by atoms with Gasteiger partial charge in [0.25, 0.3) is 0 Å². The average molecular weight is 280 g/mol. The molecule has 0 aliphatic heterocycles. The normalized spacial score (nSPS) is 10.5. The molecule has 3 aromatic rings.